The summed E-state index contributed by atoms with van der Waals surface area (Å²) < 4.78 is 0. The zero-order chi connectivity index (χ0) is 19.6. The Kier molecular flexibility index (Phi) is 7.19. The van der Waals surface area contributed by atoms with Crippen molar-refractivity contribution < 1.29 is 4.79 Å². The van der Waals surface area contributed by atoms with Crippen LogP contribution in [0.1, 0.15) is 35.0 Å². The summed E-state index contributed by atoms with van der Waals surface area (Å²) in [5.41, 5.74) is 3.89. The monoisotopic (exact) mass is 373 g/mol. The highest BCUT2D eigenvalue weighted by atomic mass is 16.2. The summed E-state index contributed by atoms with van der Waals surface area (Å²) >= 11 is 0. The zero-order valence-corrected chi connectivity index (χ0v) is 16.3. The molecule has 0 spiro atoms. The third-order valence-corrected chi connectivity index (χ3v) is 4.68. The van der Waals surface area contributed by atoms with Crippen LogP contribution in [0.25, 0.3) is 0 Å². The lowest BCUT2D eigenvalue weighted by atomic mass is 10.1. The Morgan fingerprint density at radius 3 is 2.21 bits per heavy atom. The van der Waals surface area contributed by atoms with Crippen LogP contribution >= 0.6 is 0 Å². The van der Waals surface area contributed by atoms with Crippen molar-refractivity contribution in [1.82, 2.24) is 9.88 Å². The van der Waals surface area contributed by atoms with Crippen LogP contribution in [0.5, 0.6) is 0 Å². The van der Waals surface area contributed by atoms with Gasteiger partial charge >= 0.3 is 0 Å². The van der Waals surface area contributed by atoms with Gasteiger partial charge < -0.3 is 10.2 Å². The average molecular weight is 374 g/mol. The zero-order valence-electron chi connectivity index (χ0n) is 16.3. The van der Waals surface area contributed by atoms with E-state index < -0.39 is 0 Å². The van der Waals surface area contributed by atoms with Gasteiger partial charge in [-0.25, -0.2) is 4.98 Å². The smallest absolute Gasteiger partial charge is 0.272 e. The number of rotatable bonds is 9. The third kappa shape index (κ3) is 5.68. The van der Waals surface area contributed by atoms with Gasteiger partial charge in [-0.3, -0.25) is 4.79 Å². The molecule has 3 aromatic rings. The second kappa shape index (κ2) is 10.3. The lowest BCUT2D eigenvalue weighted by Crippen LogP contribution is -2.30. The first-order valence-corrected chi connectivity index (χ1v) is 9.83. The van der Waals surface area contributed by atoms with Crippen LogP contribution in [-0.2, 0) is 13.0 Å². The summed E-state index contributed by atoms with van der Waals surface area (Å²) in [7, 11) is 0. The maximum Gasteiger partial charge on any atom is 0.272 e. The molecule has 1 aromatic heterocycles. The van der Waals surface area contributed by atoms with Gasteiger partial charge in [0.15, 0.2) is 0 Å². The molecular weight excluding hydrogens is 346 g/mol. The van der Waals surface area contributed by atoms with Crippen molar-refractivity contribution in [3.8, 4) is 0 Å². The molecule has 1 N–H and O–H groups in total. The molecule has 2 aromatic carbocycles. The minimum Gasteiger partial charge on any atom is -0.384 e. The number of pyridine rings is 1. The van der Waals surface area contributed by atoms with Crippen LogP contribution in [0.4, 0.5) is 5.69 Å². The van der Waals surface area contributed by atoms with Crippen LogP contribution in [0.2, 0.25) is 0 Å². The van der Waals surface area contributed by atoms with E-state index >= 15 is 0 Å². The number of aromatic nitrogens is 1. The molecule has 4 nitrogen and oxygen atoms in total. The molecule has 3 rings (SSSR count). The molecule has 0 atom stereocenters. The van der Waals surface area contributed by atoms with Gasteiger partial charge in [0.2, 0.25) is 0 Å². The maximum atomic E-state index is 12.8. The highest BCUT2D eigenvalue weighted by Gasteiger charge is 2.15. The molecule has 144 valence electrons. The second-order valence-electron chi connectivity index (χ2n) is 6.75. The van der Waals surface area contributed by atoms with Gasteiger partial charge in [-0.05, 0) is 43.0 Å². The third-order valence-electron chi connectivity index (χ3n) is 4.68. The van der Waals surface area contributed by atoms with E-state index in [1.54, 1.807) is 12.3 Å². The van der Waals surface area contributed by atoms with E-state index in [0.717, 1.165) is 30.6 Å². The minimum absolute atomic E-state index is 0.0398. The number of nitrogens with one attached hydrogen (secondary N) is 1. The number of carbonyl (C=O) groups is 1. The topological polar surface area (TPSA) is 45.2 Å². The first-order chi connectivity index (χ1) is 13.8. The number of nitrogens with zero attached hydrogens (tertiary/aromatic N) is 2. The molecule has 0 unspecified atom stereocenters. The lowest BCUT2D eigenvalue weighted by molar-refractivity contribution is 0.0746. The van der Waals surface area contributed by atoms with E-state index in [1.165, 1.54) is 5.56 Å². The number of anilines is 1. The number of aryl methyl sites for hydroxylation is 1. The number of hydrogen-bond donors (Lipinski definition) is 1. The molecule has 0 saturated carbocycles. The Morgan fingerprint density at radius 2 is 1.61 bits per heavy atom. The molecule has 0 bridgehead atoms. The fourth-order valence-corrected chi connectivity index (χ4v) is 3.09. The molecule has 0 radical (unpaired) electrons. The second-order valence-corrected chi connectivity index (χ2v) is 6.75. The van der Waals surface area contributed by atoms with Crippen LogP contribution < -0.4 is 5.32 Å². The fraction of sp³-hybridized carbons (Fsp3) is 0.250. The summed E-state index contributed by atoms with van der Waals surface area (Å²) in [6.45, 7) is 4.11. The quantitative estimate of drug-likeness (QED) is 0.549. The number of hydrogen-bond acceptors (Lipinski definition) is 3. The van der Waals surface area contributed by atoms with E-state index in [0.29, 0.717) is 18.8 Å². The number of amides is 1. The molecule has 0 aliphatic heterocycles. The Hall–Kier alpha value is -3.14. The SMILES string of the molecule is CCN(Cc1ccccc1)C(=O)c1ccc(NCCCc2ccccc2)cn1. The highest BCUT2D eigenvalue weighted by molar-refractivity contribution is 5.92. The lowest BCUT2D eigenvalue weighted by Gasteiger charge is -2.20. The average Bonchev–Trinajstić information content (AvgIpc) is 2.76. The van der Waals surface area contributed by atoms with Crippen molar-refractivity contribution in [1.29, 1.82) is 0 Å². The molecule has 28 heavy (non-hydrogen) atoms. The Labute approximate surface area is 167 Å². The predicted octanol–water partition coefficient (Wildman–Crippen LogP) is 4.79. The Morgan fingerprint density at radius 1 is 0.929 bits per heavy atom. The molecular formula is C24H27N3O. The summed E-state index contributed by atoms with van der Waals surface area (Å²) in [6.07, 6.45) is 3.83. The Balaban J connectivity index is 1.50. The standard InChI is InChI=1S/C24H27N3O/c1-2-27(19-21-12-7-4-8-13-21)24(28)23-16-15-22(18-26-23)25-17-9-14-20-10-5-3-6-11-20/h3-8,10-13,15-16,18,25H,2,9,14,17,19H2,1H3. The van der Waals surface area contributed by atoms with Gasteiger partial charge in [-0.15, -0.1) is 0 Å². The fourth-order valence-electron chi connectivity index (χ4n) is 3.09. The van der Waals surface area contributed by atoms with E-state index in [1.807, 2.05) is 54.3 Å². The first kappa shape index (κ1) is 19.6. The molecule has 0 aliphatic rings. The van der Waals surface area contributed by atoms with Crippen molar-refractivity contribution in [2.45, 2.75) is 26.3 Å². The number of carbonyl (C=O) groups excluding carboxylic acids is 1. The van der Waals surface area contributed by atoms with Gasteiger partial charge in [-0.1, -0.05) is 60.7 Å². The molecule has 1 amide bonds. The Bertz CT molecular complexity index is 848. The van der Waals surface area contributed by atoms with Crippen LogP contribution in [0, 0.1) is 0 Å². The van der Waals surface area contributed by atoms with Crippen molar-refractivity contribution >= 4 is 11.6 Å². The summed E-state index contributed by atoms with van der Waals surface area (Å²) in [6, 6.07) is 24.2. The van der Waals surface area contributed by atoms with Crippen molar-refractivity contribution in [3.05, 3.63) is 95.8 Å². The summed E-state index contributed by atoms with van der Waals surface area (Å²) in [5, 5.41) is 3.38. The van der Waals surface area contributed by atoms with Gasteiger partial charge in [0.1, 0.15) is 5.69 Å². The molecule has 0 aliphatic carbocycles. The van der Waals surface area contributed by atoms with Gasteiger partial charge in [0.25, 0.3) is 5.91 Å². The van der Waals surface area contributed by atoms with E-state index in [9.17, 15) is 4.79 Å². The van der Waals surface area contributed by atoms with Gasteiger partial charge in [-0.2, -0.15) is 0 Å². The minimum atomic E-state index is -0.0398. The first-order valence-electron chi connectivity index (χ1n) is 9.83. The summed E-state index contributed by atoms with van der Waals surface area (Å²) in [4.78, 5) is 18.9. The van der Waals surface area contributed by atoms with Gasteiger partial charge in [0, 0.05) is 19.6 Å². The largest absolute Gasteiger partial charge is 0.384 e. The number of benzene rings is 2. The summed E-state index contributed by atoms with van der Waals surface area (Å²) in [5.74, 6) is -0.0398. The van der Waals surface area contributed by atoms with E-state index in [2.05, 4.69) is 34.6 Å². The molecule has 0 saturated heterocycles. The highest BCUT2D eigenvalue weighted by Crippen LogP contribution is 2.12. The molecule has 1 heterocycles. The van der Waals surface area contributed by atoms with E-state index in [4.69, 9.17) is 0 Å². The molecule has 0 fully saturated rings. The van der Waals surface area contributed by atoms with Gasteiger partial charge in [0.05, 0.1) is 11.9 Å². The molecule has 4 heteroatoms. The van der Waals surface area contributed by atoms with Crippen LogP contribution in [-0.4, -0.2) is 28.9 Å². The van der Waals surface area contributed by atoms with Crippen molar-refractivity contribution in [2.75, 3.05) is 18.4 Å². The predicted molar refractivity (Wildman–Crippen MR) is 114 cm³/mol. The maximum absolute atomic E-state index is 12.8. The van der Waals surface area contributed by atoms with Crippen LogP contribution in [0.3, 0.4) is 0 Å². The van der Waals surface area contributed by atoms with Crippen molar-refractivity contribution in [2.24, 2.45) is 0 Å². The van der Waals surface area contributed by atoms with Crippen molar-refractivity contribution in [3.63, 3.8) is 0 Å². The normalized spacial score (nSPS) is 10.5. The van der Waals surface area contributed by atoms with Crippen LogP contribution in [0.15, 0.2) is 79.0 Å². The van der Waals surface area contributed by atoms with E-state index in [-0.39, 0.29) is 5.91 Å².